The van der Waals surface area contributed by atoms with Crippen molar-refractivity contribution in [2.75, 3.05) is 7.11 Å². The van der Waals surface area contributed by atoms with Crippen LogP contribution in [-0.4, -0.2) is 13.2 Å². The Hall–Kier alpha value is -1.71. The molecule has 4 heteroatoms. The number of rotatable bonds is 6. The van der Waals surface area contributed by atoms with E-state index in [1.807, 2.05) is 50.2 Å². The molecule has 0 aliphatic rings. The topological polar surface area (TPSA) is 44.5 Å². The van der Waals surface area contributed by atoms with Gasteiger partial charge < -0.3 is 15.2 Å². The highest BCUT2D eigenvalue weighted by Gasteiger charge is 2.08. The second-order valence-corrected chi connectivity index (χ2v) is 5.92. The summed E-state index contributed by atoms with van der Waals surface area (Å²) in [6.45, 7) is 4.43. The van der Waals surface area contributed by atoms with Crippen LogP contribution in [0.15, 0.2) is 36.4 Å². The fraction of sp³-hybridized carbons (Fsp3) is 0.333. The number of methoxy groups -OCH3 is 1. The zero-order chi connectivity index (χ0) is 16.1. The third kappa shape index (κ3) is 4.39. The number of ether oxygens (including phenoxy) is 2. The van der Waals surface area contributed by atoms with E-state index in [4.69, 9.17) is 26.8 Å². The lowest BCUT2D eigenvalue weighted by Crippen LogP contribution is -2.19. The van der Waals surface area contributed by atoms with Crippen LogP contribution in [0.3, 0.4) is 0 Å². The fourth-order valence-electron chi connectivity index (χ4n) is 2.28. The molecule has 0 aliphatic heterocycles. The number of nitrogens with two attached hydrogens (primary N) is 1. The van der Waals surface area contributed by atoms with Crippen molar-refractivity contribution in [3.8, 4) is 11.5 Å². The van der Waals surface area contributed by atoms with E-state index in [-0.39, 0.29) is 6.04 Å². The molecule has 0 aromatic heterocycles. The average molecular weight is 320 g/mol. The van der Waals surface area contributed by atoms with Crippen molar-refractivity contribution in [1.82, 2.24) is 0 Å². The van der Waals surface area contributed by atoms with Crippen molar-refractivity contribution in [2.45, 2.75) is 32.9 Å². The summed E-state index contributed by atoms with van der Waals surface area (Å²) in [5.74, 6) is 1.62. The summed E-state index contributed by atoms with van der Waals surface area (Å²) in [5, 5.41) is 0.742. The van der Waals surface area contributed by atoms with Crippen LogP contribution in [0, 0.1) is 6.92 Å². The minimum absolute atomic E-state index is 0.102. The largest absolute Gasteiger partial charge is 0.497 e. The molecule has 0 bridgehead atoms. The van der Waals surface area contributed by atoms with Crippen LogP contribution in [0.1, 0.15) is 23.6 Å². The second kappa shape index (κ2) is 7.52. The van der Waals surface area contributed by atoms with E-state index in [9.17, 15) is 0 Å². The normalized spacial score (nSPS) is 12.0. The number of hydrogen-bond donors (Lipinski definition) is 1. The smallest absolute Gasteiger partial charge is 0.120 e. The summed E-state index contributed by atoms with van der Waals surface area (Å²) in [7, 11) is 1.66. The Morgan fingerprint density at radius 2 is 1.82 bits per heavy atom. The van der Waals surface area contributed by atoms with Crippen LogP contribution < -0.4 is 15.2 Å². The SMILES string of the molecule is COc1ccc(CC(C)N)c(COc2ccc(Cl)c(C)c2)c1. The molecule has 0 radical (unpaired) electrons. The fourth-order valence-corrected chi connectivity index (χ4v) is 2.40. The maximum absolute atomic E-state index is 6.03. The first-order chi connectivity index (χ1) is 10.5. The van der Waals surface area contributed by atoms with Gasteiger partial charge in [0.2, 0.25) is 0 Å². The van der Waals surface area contributed by atoms with Crippen molar-refractivity contribution < 1.29 is 9.47 Å². The first kappa shape index (κ1) is 16.7. The van der Waals surface area contributed by atoms with Crippen LogP contribution in [0.5, 0.6) is 11.5 Å². The van der Waals surface area contributed by atoms with E-state index in [1.165, 1.54) is 5.56 Å². The Balaban J connectivity index is 2.17. The van der Waals surface area contributed by atoms with E-state index in [0.29, 0.717) is 6.61 Å². The molecule has 0 saturated carbocycles. The van der Waals surface area contributed by atoms with Gasteiger partial charge >= 0.3 is 0 Å². The third-order valence-electron chi connectivity index (χ3n) is 3.48. The number of hydrogen-bond acceptors (Lipinski definition) is 3. The van der Waals surface area contributed by atoms with Gasteiger partial charge in [0.15, 0.2) is 0 Å². The summed E-state index contributed by atoms with van der Waals surface area (Å²) in [6.07, 6.45) is 0.808. The summed E-state index contributed by atoms with van der Waals surface area (Å²) < 4.78 is 11.2. The van der Waals surface area contributed by atoms with Gasteiger partial charge in [-0.05, 0) is 67.3 Å². The van der Waals surface area contributed by atoms with Crippen molar-refractivity contribution in [1.29, 1.82) is 0 Å². The Morgan fingerprint density at radius 3 is 2.45 bits per heavy atom. The molecule has 0 saturated heterocycles. The first-order valence-corrected chi connectivity index (χ1v) is 7.67. The predicted octanol–water partition coefficient (Wildman–Crippen LogP) is 4.13. The van der Waals surface area contributed by atoms with Crippen LogP contribution in [0.25, 0.3) is 0 Å². The summed E-state index contributed by atoms with van der Waals surface area (Å²) in [4.78, 5) is 0. The van der Waals surface area contributed by atoms with Crippen molar-refractivity contribution >= 4 is 11.6 Å². The third-order valence-corrected chi connectivity index (χ3v) is 3.90. The van der Waals surface area contributed by atoms with Crippen LogP contribution in [0.2, 0.25) is 5.02 Å². The standard InChI is InChI=1S/C18H22ClNO2/c1-12-8-17(6-7-18(12)19)22-11-15-10-16(21-3)5-4-14(15)9-13(2)20/h4-8,10,13H,9,11,20H2,1-3H3. The summed E-state index contributed by atoms with van der Waals surface area (Å²) in [5.41, 5.74) is 9.19. The van der Waals surface area contributed by atoms with Gasteiger partial charge in [0.25, 0.3) is 0 Å². The quantitative estimate of drug-likeness (QED) is 0.870. The van der Waals surface area contributed by atoms with Gasteiger partial charge in [0, 0.05) is 11.1 Å². The molecule has 2 aromatic rings. The Morgan fingerprint density at radius 1 is 1.09 bits per heavy atom. The van der Waals surface area contributed by atoms with E-state index < -0.39 is 0 Å². The molecule has 1 atom stereocenters. The Kier molecular flexibility index (Phi) is 5.69. The van der Waals surface area contributed by atoms with Crippen molar-refractivity contribution in [3.05, 3.63) is 58.1 Å². The van der Waals surface area contributed by atoms with E-state index in [0.717, 1.165) is 34.1 Å². The molecule has 118 valence electrons. The monoisotopic (exact) mass is 319 g/mol. The van der Waals surface area contributed by atoms with E-state index in [2.05, 4.69) is 0 Å². The predicted molar refractivity (Wildman–Crippen MR) is 90.9 cm³/mol. The lowest BCUT2D eigenvalue weighted by Gasteiger charge is -2.14. The summed E-state index contributed by atoms with van der Waals surface area (Å²) >= 11 is 6.03. The van der Waals surface area contributed by atoms with Gasteiger partial charge in [-0.1, -0.05) is 17.7 Å². The Labute approximate surface area is 137 Å². The number of aryl methyl sites for hydroxylation is 1. The molecule has 2 N–H and O–H groups in total. The maximum atomic E-state index is 6.03. The molecule has 0 amide bonds. The van der Waals surface area contributed by atoms with E-state index >= 15 is 0 Å². The van der Waals surface area contributed by atoms with Crippen molar-refractivity contribution in [2.24, 2.45) is 5.73 Å². The lowest BCUT2D eigenvalue weighted by molar-refractivity contribution is 0.303. The molecule has 0 spiro atoms. The van der Waals surface area contributed by atoms with E-state index in [1.54, 1.807) is 7.11 Å². The van der Waals surface area contributed by atoms with Crippen LogP contribution in [0.4, 0.5) is 0 Å². The maximum Gasteiger partial charge on any atom is 0.120 e. The lowest BCUT2D eigenvalue weighted by atomic mass is 10.0. The highest BCUT2D eigenvalue weighted by molar-refractivity contribution is 6.31. The van der Waals surface area contributed by atoms with Gasteiger partial charge in [-0.2, -0.15) is 0 Å². The molecule has 1 unspecified atom stereocenters. The van der Waals surface area contributed by atoms with Crippen LogP contribution >= 0.6 is 11.6 Å². The minimum Gasteiger partial charge on any atom is -0.497 e. The Bertz CT molecular complexity index is 641. The zero-order valence-electron chi connectivity index (χ0n) is 13.2. The van der Waals surface area contributed by atoms with Gasteiger partial charge in [0.1, 0.15) is 18.1 Å². The molecule has 2 rings (SSSR count). The number of halogens is 1. The van der Waals surface area contributed by atoms with Gasteiger partial charge in [-0.3, -0.25) is 0 Å². The highest BCUT2D eigenvalue weighted by atomic mass is 35.5. The average Bonchev–Trinajstić information content (AvgIpc) is 2.49. The first-order valence-electron chi connectivity index (χ1n) is 7.30. The second-order valence-electron chi connectivity index (χ2n) is 5.52. The molecule has 0 fully saturated rings. The zero-order valence-corrected chi connectivity index (χ0v) is 14.0. The molecule has 0 aliphatic carbocycles. The van der Waals surface area contributed by atoms with Crippen LogP contribution in [-0.2, 0) is 13.0 Å². The van der Waals surface area contributed by atoms with Gasteiger partial charge in [0.05, 0.1) is 7.11 Å². The number of benzene rings is 2. The highest BCUT2D eigenvalue weighted by Crippen LogP contribution is 2.24. The molecule has 3 nitrogen and oxygen atoms in total. The minimum atomic E-state index is 0.102. The van der Waals surface area contributed by atoms with Gasteiger partial charge in [-0.15, -0.1) is 0 Å². The molecular weight excluding hydrogens is 298 g/mol. The molecule has 2 aromatic carbocycles. The van der Waals surface area contributed by atoms with Gasteiger partial charge in [-0.25, -0.2) is 0 Å². The van der Waals surface area contributed by atoms with Crippen molar-refractivity contribution in [3.63, 3.8) is 0 Å². The molecule has 0 heterocycles. The molecular formula is C18H22ClNO2. The summed E-state index contributed by atoms with van der Waals surface area (Å²) in [6, 6.07) is 11.8. The molecule has 22 heavy (non-hydrogen) atoms.